The van der Waals surface area contributed by atoms with Crippen LogP contribution in [0.4, 0.5) is 0 Å². The third-order valence-electron chi connectivity index (χ3n) is 1.90. The van der Waals surface area contributed by atoms with Gasteiger partial charge in [0.15, 0.2) is 0 Å². The summed E-state index contributed by atoms with van der Waals surface area (Å²) in [4.78, 5) is 7.51. The number of piperidine rings is 1. The van der Waals surface area contributed by atoms with Gasteiger partial charge in [-0.1, -0.05) is 5.16 Å². The summed E-state index contributed by atoms with van der Waals surface area (Å²) in [7, 11) is 2.12. The van der Waals surface area contributed by atoms with Crippen LogP contribution in [0.2, 0.25) is 0 Å². The third kappa shape index (κ3) is 2.89. The van der Waals surface area contributed by atoms with E-state index in [9.17, 15) is 0 Å². The van der Waals surface area contributed by atoms with Crippen LogP contribution < -0.4 is 0 Å². The highest BCUT2D eigenvalue weighted by Gasteiger charge is 2.17. The van der Waals surface area contributed by atoms with Gasteiger partial charge in [0.05, 0.1) is 0 Å². The molecule has 0 amide bonds. The molecule has 3 nitrogen and oxygen atoms in total. The first-order chi connectivity index (χ1) is 5.33. The van der Waals surface area contributed by atoms with Crippen molar-refractivity contribution in [3.8, 4) is 0 Å². The molecule has 0 aromatic heterocycles. The first kappa shape index (κ1) is 8.53. The van der Waals surface area contributed by atoms with Crippen LogP contribution in [0.25, 0.3) is 0 Å². The molecule has 1 aliphatic rings. The molecule has 0 bridgehead atoms. The van der Waals surface area contributed by atoms with Crippen LogP contribution in [0.1, 0.15) is 19.8 Å². The van der Waals surface area contributed by atoms with Gasteiger partial charge >= 0.3 is 0 Å². The highest BCUT2D eigenvalue weighted by Crippen LogP contribution is 2.11. The molecular formula is C8H16N2O. The second-order valence-electron chi connectivity index (χ2n) is 3.00. The molecule has 1 saturated heterocycles. The summed E-state index contributed by atoms with van der Waals surface area (Å²) in [6.07, 6.45) is 4.36. The van der Waals surface area contributed by atoms with E-state index in [1.165, 1.54) is 13.0 Å². The zero-order valence-corrected chi connectivity index (χ0v) is 7.29. The van der Waals surface area contributed by atoms with Gasteiger partial charge in [0.25, 0.3) is 0 Å². The van der Waals surface area contributed by atoms with Gasteiger partial charge in [0.1, 0.15) is 6.10 Å². The van der Waals surface area contributed by atoms with Crippen LogP contribution in [-0.2, 0) is 4.84 Å². The van der Waals surface area contributed by atoms with Crippen LogP contribution in [0.5, 0.6) is 0 Å². The first-order valence-electron chi connectivity index (χ1n) is 4.15. The van der Waals surface area contributed by atoms with Crippen LogP contribution in [0.3, 0.4) is 0 Å². The average molecular weight is 156 g/mol. The number of oxime groups is 1. The molecule has 1 unspecified atom stereocenters. The highest BCUT2D eigenvalue weighted by molar-refractivity contribution is 5.52. The maximum Gasteiger partial charge on any atom is 0.140 e. The Balaban J connectivity index is 2.22. The van der Waals surface area contributed by atoms with E-state index in [4.69, 9.17) is 4.84 Å². The van der Waals surface area contributed by atoms with Crippen LogP contribution >= 0.6 is 0 Å². The van der Waals surface area contributed by atoms with E-state index in [-0.39, 0.29) is 0 Å². The topological polar surface area (TPSA) is 24.8 Å². The maximum atomic E-state index is 5.23. The molecule has 0 saturated carbocycles. The third-order valence-corrected chi connectivity index (χ3v) is 1.90. The molecule has 0 aliphatic carbocycles. The Labute approximate surface area is 68.0 Å². The summed E-state index contributed by atoms with van der Waals surface area (Å²) < 4.78 is 0. The Bertz CT molecular complexity index is 136. The Morgan fingerprint density at radius 3 is 3.09 bits per heavy atom. The molecule has 0 aromatic carbocycles. The van der Waals surface area contributed by atoms with E-state index in [2.05, 4.69) is 17.1 Å². The normalized spacial score (nSPS) is 27.6. The number of likely N-dealkylation sites (N-methyl/N-ethyl adjacent to an activating group) is 1. The molecule has 11 heavy (non-hydrogen) atoms. The molecule has 1 rings (SSSR count). The number of hydrogen-bond donors (Lipinski definition) is 0. The minimum atomic E-state index is 0.310. The van der Waals surface area contributed by atoms with Crippen LogP contribution in [-0.4, -0.2) is 37.4 Å². The van der Waals surface area contributed by atoms with E-state index >= 15 is 0 Å². The first-order valence-corrected chi connectivity index (χ1v) is 4.15. The molecule has 1 atom stereocenters. The van der Waals surface area contributed by atoms with Gasteiger partial charge in [0.2, 0.25) is 0 Å². The second-order valence-corrected chi connectivity index (χ2v) is 3.00. The van der Waals surface area contributed by atoms with Crippen molar-refractivity contribution in [2.45, 2.75) is 25.9 Å². The fourth-order valence-electron chi connectivity index (χ4n) is 1.35. The molecule has 0 N–H and O–H groups in total. The van der Waals surface area contributed by atoms with E-state index in [1.54, 1.807) is 6.21 Å². The maximum absolute atomic E-state index is 5.23. The van der Waals surface area contributed by atoms with Crippen molar-refractivity contribution < 1.29 is 4.84 Å². The number of nitrogens with zero attached hydrogens (tertiary/aromatic N) is 2. The van der Waals surface area contributed by atoms with Crippen molar-refractivity contribution in [3.63, 3.8) is 0 Å². The molecule has 0 aromatic rings. The van der Waals surface area contributed by atoms with Crippen molar-refractivity contribution in [2.75, 3.05) is 20.1 Å². The second kappa shape index (κ2) is 4.34. The predicted molar refractivity (Wildman–Crippen MR) is 45.8 cm³/mol. The lowest BCUT2D eigenvalue weighted by Gasteiger charge is -2.27. The highest BCUT2D eigenvalue weighted by atomic mass is 16.6. The van der Waals surface area contributed by atoms with E-state index in [0.29, 0.717) is 6.10 Å². The van der Waals surface area contributed by atoms with Gasteiger partial charge in [-0.2, -0.15) is 0 Å². The summed E-state index contributed by atoms with van der Waals surface area (Å²) in [5.41, 5.74) is 0. The Kier molecular flexibility index (Phi) is 3.36. The summed E-state index contributed by atoms with van der Waals surface area (Å²) >= 11 is 0. The fourth-order valence-corrected chi connectivity index (χ4v) is 1.35. The zero-order valence-electron chi connectivity index (χ0n) is 7.29. The van der Waals surface area contributed by atoms with Crippen LogP contribution in [0, 0.1) is 0 Å². The fraction of sp³-hybridized carbons (Fsp3) is 0.875. The SMILES string of the molecule is CC=NOC1CCCN(C)C1. The molecule has 1 aliphatic heterocycles. The van der Waals surface area contributed by atoms with Gasteiger partial charge < -0.3 is 9.74 Å². The smallest absolute Gasteiger partial charge is 0.140 e. The molecule has 64 valence electrons. The van der Waals surface area contributed by atoms with Gasteiger partial charge in [-0.3, -0.25) is 0 Å². The molecule has 0 spiro atoms. The van der Waals surface area contributed by atoms with Gasteiger partial charge in [-0.25, -0.2) is 0 Å². The number of rotatable bonds is 2. The van der Waals surface area contributed by atoms with Gasteiger partial charge in [-0.15, -0.1) is 0 Å². The molecule has 3 heteroatoms. The minimum Gasteiger partial charge on any atom is -0.391 e. The Hall–Kier alpha value is -0.570. The van der Waals surface area contributed by atoms with Crippen molar-refractivity contribution >= 4 is 6.21 Å². The quantitative estimate of drug-likeness (QED) is 0.442. The lowest BCUT2D eigenvalue weighted by atomic mass is 10.1. The van der Waals surface area contributed by atoms with E-state index < -0.39 is 0 Å². The zero-order chi connectivity index (χ0) is 8.10. The minimum absolute atomic E-state index is 0.310. The number of likely N-dealkylation sites (tertiary alicyclic amines) is 1. The molecule has 1 fully saturated rings. The van der Waals surface area contributed by atoms with Crippen molar-refractivity contribution in [1.29, 1.82) is 0 Å². The van der Waals surface area contributed by atoms with Gasteiger partial charge in [0, 0.05) is 12.8 Å². The summed E-state index contributed by atoms with van der Waals surface area (Å²) in [6, 6.07) is 0. The molecular weight excluding hydrogens is 140 g/mol. The predicted octanol–water partition coefficient (Wildman–Crippen LogP) is 1.10. The summed E-state index contributed by atoms with van der Waals surface area (Å²) in [5.74, 6) is 0. The Morgan fingerprint density at radius 1 is 1.64 bits per heavy atom. The lowest BCUT2D eigenvalue weighted by Crippen LogP contribution is -2.36. The molecule has 0 radical (unpaired) electrons. The number of hydrogen-bond acceptors (Lipinski definition) is 3. The van der Waals surface area contributed by atoms with E-state index in [0.717, 1.165) is 13.0 Å². The van der Waals surface area contributed by atoms with Crippen molar-refractivity contribution in [1.82, 2.24) is 4.90 Å². The van der Waals surface area contributed by atoms with E-state index in [1.807, 2.05) is 6.92 Å². The largest absolute Gasteiger partial charge is 0.391 e. The monoisotopic (exact) mass is 156 g/mol. The van der Waals surface area contributed by atoms with Crippen LogP contribution in [0.15, 0.2) is 5.16 Å². The summed E-state index contributed by atoms with van der Waals surface area (Å²) in [5, 5.41) is 3.78. The summed E-state index contributed by atoms with van der Waals surface area (Å²) in [6.45, 7) is 4.07. The van der Waals surface area contributed by atoms with Gasteiger partial charge in [-0.05, 0) is 33.4 Å². The lowest BCUT2D eigenvalue weighted by molar-refractivity contribution is 0.0106. The average Bonchev–Trinajstić information content (AvgIpc) is 2.01. The van der Waals surface area contributed by atoms with Crippen molar-refractivity contribution in [3.05, 3.63) is 0 Å². The van der Waals surface area contributed by atoms with Crippen molar-refractivity contribution in [2.24, 2.45) is 5.16 Å². The standard InChI is InChI=1S/C8H16N2O/c1-3-9-11-8-5-4-6-10(2)7-8/h3,8H,4-7H2,1-2H3. The Morgan fingerprint density at radius 2 is 2.45 bits per heavy atom. The molecule has 1 heterocycles.